The lowest BCUT2D eigenvalue weighted by atomic mass is 9.72. The van der Waals surface area contributed by atoms with Crippen molar-refractivity contribution in [3.05, 3.63) is 230 Å². The fourth-order valence-electron chi connectivity index (χ4n) is 9.84. The molecule has 0 radical (unpaired) electrons. The van der Waals surface area contributed by atoms with E-state index < -0.39 is 0 Å². The molecule has 0 aliphatic rings. The minimum absolute atomic E-state index is 0.219. The third-order valence-corrected chi connectivity index (χ3v) is 13.4. The van der Waals surface area contributed by atoms with Gasteiger partial charge in [0.2, 0.25) is 0 Å². The summed E-state index contributed by atoms with van der Waals surface area (Å²) in [5.41, 5.74) is 19.5. The van der Waals surface area contributed by atoms with Crippen LogP contribution in [0.5, 0.6) is 0 Å². The predicted molar refractivity (Wildman–Crippen MR) is 284 cm³/mol. The number of nitrogens with zero attached hydrogens (tertiary/aromatic N) is 2. The van der Waals surface area contributed by atoms with Crippen LogP contribution in [0.3, 0.4) is 0 Å². The molecule has 1 aromatic heterocycles. The molecule has 66 heavy (non-hydrogen) atoms. The summed E-state index contributed by atoms with van der Waals surface area (Å²) in [6, 6.07) is 80.4. The van der Waals surface area contributed by atoms with Crippen molar-refractivity contribution >= 4 is 38.9 Å². The molecular formula is C64H58N2. The fraction of sp³-hybridized carbons (Fsp3) is 0.156. The molecule has 0 aliphatic heterocycles. The molecule has 0 N–H and O–H groups in total. The van der Waals surface area contributed by atoms with Gasteiger partial charge >= 0.3 is 0 Å². The number of rotatable bonds is 11. The monoisotopic (exact) mass is 854 g/mol. The van der Waals surface area contributed by atoms with E-state index in [1.54, 1.807) is 0 Å². The molecule has 1 unspecified atom stereocenters. The van der Waals surface area contributed by atoms with Crippen LogP contribution in [0.2, 0.25) is 0 Å². The molecule has 10 rings (SSSR count). The van der Waals surface area contributed by atoms with Crippen LogP contribution in [-0.4, -0.2) is 4.57 Å². The lowest BCUT2D eigenvalue weighted by Gasteiger charge is -2.32. The molecule has 2 nitrogen and oxygen atoms in total. The summed E-state index contributed by atoms with van der Waals surface area (Å²) in [6.07, 6.45) is 1.19. The fourth-order valence-corrected chi connectivity index (χ4v) is 9.84. The number of fused-ring (bicyclic) bond motifs is 3. The highest BCUT2D eigenvalue weighted by molar-refractivity contribution is 6.11. The van der Waals surface area contributed by atoms with Crippen LogP contribution in [0, 0.1) is 18.3 Å². The highest BCUT2D eigenvalue weighted by Crippen LogP contribution is 2.42. The van der Waals surface area contributed by atoms with Crippen LogP contribution in [-0.2, 0) is 0 Å². The van der Waals surface area contributed by atoms with Crippen LogP contribution >= 0.6 is 0 Å². The molecule has 324 valence electrons. The SMILES string of the molecule is Cc1ccc(-n2c3ccc(-c4ccc(-c5ccc(C(CC(C)C)C(C)(C)C)cc5)cc4)cc3c3cc(-c4ccc(N(c5ccccc5)c5ccc(-c6ccccc6)cc5)cc4)ccc32)cc1. The van der Waals surface area contributed by atoms with Gasteiger partial charge in [-0.15, -0.1) is 0 Å². The van der Waals surface area contributed by atoms with Crippen molar-refractivity contribution in [1.82, 2.24) is 4.57 Å². The predicted octanol–water partition coefficient (Wildman–Crippen LogP) is 18.4. The van der Waals surface area contributed by atoms with Crippen molar-refractivity contribution in [2.75, 3.05) is 4.90 Å². The smallest absolute Gasteiger partial charge is 0.0541 e. The van der Waals surface area contributed by atoms with Crippen LogP contribution < -0.4 is 4.90 Å². The molecule has 10 aromatic rings. The van der Waals surface area contributed by atoms with E-state index >= 15 is 0 Å². The summed E-state index contributed by atoms with van der Waals surface area (Å²) in [7, 11) is 0. The summed E-state index contributed by atoms with van der Waals surface area (Å²) in [5, 5.41) is 2.48. The summed E-state index contributed by atoms with van der Waals surface area (Å²) in [5.74, 6) is 1.19. The Morgan fingerprint density at radius 2 is 0.788 bits per heavy atom. The molecule has 9 aromatic carbocycles. The third-order valence-electron chi connectivity index (χ3n) is 13.4. The first-order valence-corrected chi connectivity index (χ1v) is 23.5. The van der Waals surface area contributed by atoms with Crippen LogP contribution in [0.4, 0.5) is 17.1 Å². The van der Waals surface area contributed by atoms with Gasteiger partial charge in [-0.3, -0.25) is 0 Å². The Balaban J connectivity index is 0.991. The van der Waals surface area contributed by atoms with Crippen molar-refractivity contribution in [2.24, 2.45) is 11.3 Å². The Labute approximate surface area is 391 Å². The maximum absolute atomic E-state index is 2.42. The lowest BCUT2D eigenvalue weighted by molar-refractivity contribution is 0.280. The zero-order chi connectivity index (χ0) is 45.4. The number of hydrogen-bond acceptors (Lipinski definition) is 1. The normalized spacial score (nSPS) is 12.2. The Bertz CT molecular complexity index is 3220. The third kappa shape index (κ3) is 8.60. The largest absolute Gasteiger partial charge is 0.311 e. The molecule has 0 amide bonds. The molecule has 0 fully saturated rings. The average Bonchev–Trinajstić information content (AvgIpc) is 3.67. The second-order valence-electron chi connectivity index (χ2n) is 19.5. The van der Waals surface area contributed by atoms with Crippen LogP contribution in [0.25, 0.3) is 72.0 Å². The van der Waals surface area contributed by atoms with Crippen LogP contribution in [0.15, 0.2) is 218 Å². The van der Waals surface area contributed by atoms with Gasteiger partial charge in [-0.1, -0.05) is 186 Å². The van der Waals surface area contributed by atoms with Gasteiger partial charge in [0.25, 0.3) is 0 Å². The lowest BCUT2D eigenvalue weighted by Crippen LogP contribution is -2.20. The van der Waals surface area contributed by atoms with E-state index in [1.165, 1.54) is 83.9 Å². The maximum atomic E-state index is 2.42. The first-order chi connectivity index (χ1) is 32.1. The van der Waals surface area contributed by atoms with Gasteiger partial charge in [0.15, 0.2) is 0 Å². The molecule has 0 spiro atoms. The van der Waals surface area contributed by atoms with Gasteiger partial charge < -0.3 is 9.47 Å². The summed E-state index contributed by atoms with van der Waals surface area (Å²) in [6.45, 7) is 13.9. The number of para-hydroxylation sites is 1. The number of aromatic nitrogens is 1. The van der Waals surface area contributed by atoms with E-state index in [1.807, 2.05) is 0 Å². The first-order valence-electron chi connectivity index (χ1n) is 23.5. The molecule has 0 aliphatic carbocycles. The highest BCUT2D eigenvalue weighted by atomic mass is 15.1. The highest BCUT2D eigenvalue weighted by Gasteiger charge is 2.27. The zero-order valence-electron chi connectivity index (χ0n) is 39.0. The zero-order valence-corrected chi connectivity index (χ0v) is 39.0. The minimum atomic E-state index is 0.219. The second kappa shape index (κ2) is 17.9. The van der Waals surface area contributed by atoms with Crippen molar-refractivity contribution < 1.29 is 0 Å². The summed E-state index contributed by atoms with van der Waals surface area (Å²) >= 11 is 0. The molecule has 0 bridgehead atoms. The van der Waals surface area contributed by atoms with E-state index in [-0.39, 0.29) is 5.41 Å². The molecule has 0 saturated heterocycles. The van der Waals surface area contributed by atoms with E-state index in [4.69, 9.17) is 0 Å². The van der Waals surface area contributed by atoms with Crippen LogP contribution in [0.1, 0.15) is 58.1 Å². The molecule has 0 saturated carbocycles. The van der Waals surface area contributed by atoms with E-state index in [9.17, 15) is 0 Å². The molecule has 1 heterocycles. The maximum Gasteiger partial charge on any atom is 0.0541 e. The van der Waals surface area contributed by atoms with E-state index in [2.05, 4.69) is 269 Å². The van der Waals surface area contributed by atoms with Crippen molar-refractivity contribution in [1.29, 1.82) is 0 Å². The quantitative estimate of drug-likeness (QED) is 0.126. The standard InChI is InChI=1S/C64H58N2/c1-44(2)41-61(64(4,5)6)52-25-23-48(24-26-52)47-19-21-50(22-20-47)53-31-39-62-59(42-53)60-43-54(32-40-63(60)66(62)58-33-17-45(3)18-34-58)51-29-37-57(38-30-51)65(55-15-11-8-12-16-55)56-35-27-49(28-36-56)46-13-9-7-10-14-46/h7-40,42-44,61H,41H2,1-6H3. The second-order valence-corrected chi connectivity index (χ2v) is 19.5. The van der Waals surface area contributed by atoms with Gasteiger partial charge in [-0.05, 0) is 153 Å². The van der Waals surface area contributed by atoms with Crippen molar-refractivity contribution in [2.45, 2.75) is 53.9 Å². The van der Waals surface area contributed by atoms with Gasteiger partial charge in [-0.25, -0.2) is 0 Å². The molecule has 2 heteroatoms. The Morgan fingerprint density at radius 1 is 0.409 bits per heavy atom. The van der Waals surface area contributed by atoms with Crippen molar-refractivity contribution in [3.8, 4) is 50.2 Å². The average molecular weight is 855 g/mol. The minimum Gasteiger partial charge on any atom is -0.311 e. The van der Waals surface area contributed by atoms with E-state index in [0.717, 1.165) is 22.7 Å². The Hall–Kier alpha value is -7.42. The molecular weight excluding hydrogens is 797 g/mol. The number of benzene rings is 9. The number of anilines is 3. The first kappa shape index (κ1) is 42.5. The molecule has 1 atom stereocenters. The number of hydrogen-bond donors (Lipinski definition) is 0. The summed E-state index contributed by atoms with van der Waals surface area (Å²) in [4.78, 5) is 2.33. The Kier molecular flexibility index (Phi) is 11.5. The van der Waals surface area contributed by atoms with Gasteiger partial charge in [0, 0.05) is 33.5 Å². The van der Waals surface area contributed by atoms with E-state index in [0.29, 0.717) is 11.8 Å². The van der Waals surface area contributed by atoms with Gasteiger partial charge in [0.1, 0.15) is 0 Å². The van der Waals surface area contributed by atoms with Crippen molar-refractivity contribution in [3.63, 3.8) is 0 Å². The Morgan fingerprint density at radius 3 is 1.24 bits per heavy atom. The summed E-state index contributed by atoms with van der Waals surface area (Å²) < 4.78 is 2.42. The van der Waals surface area contributed by atoms with Gasteiger partial charge in [-0.2, -0.15) is 0 Å². The number of aryl methyl sites for hydroxylation is 1. The topological polar surface area (TPSA) is 8.17 Å². The van der Waals surface area contributed by atoms with Gasteiger partial charge in [0.05, 0.1) is 11.0 Å².